The Morgan fingerprint density at radius 3 is 1.79 bits per heavy atom. The van der Waals surface area contributed by atoms with Crippen LogP contribution in [0.4, 0.5) is 17.1 Å². The molecule has 0 saturated carbocycles. The summed E-state index contributed by atoms with van der Waals surface area (Å²) in [6.07, 6.45) is 0. The van der Waals surface area contributed by atoms with Crippen LogP contribution in [0, 0.1) is 0 Å². The van der Waals surface area contributed by atoms with E-state index in [0.717, 1.165) is 88.7 Å². The fourth-order valence-electron chi connectivity index (χ4n) is 8.45. The minimum atomic E-state index is 0.602. The molecule has 0 aliphatic rings. The Kier molecular flexibility index (Phi) is 7.16. The Morgan fingerprint density at radius 2 is 0.948 bits per heavy atom. The third kappa shape index (κ3) is 5.29. The molecule has 0 radical (unpaired) electrons. The van der Waals surface area contributed by atoms with Crippen molar-refractivity contribution < 1.29 is 13.3 Å². The molecule has 0 saturated heterocycles. The molecule has 5 heteroatoms. The first kappa shape index (κ1) is 32.4. The van der Waals surface area contributed by atoms with Crippen molar-refractivity contribution >= 4 is 82.8 Å². The number of furan rings is 2. The molecule has 0 N–H and O–H groups in total. The fraction of sp³-hybridized carbons (Fsp3) is 0. The molecule has 5 nitrogen and oxygen atoms in total. The van der Waals surface area contributed by atoms with E-state index in [0.29, 0.717) is 5.89 Å². The molecule has 0 unspecified atom stereocenters. The summed E-state index contributed by atoms with van der Waals surface area (Å²) in [6.45, 7) is 0. The predicted octanol–water partition coefficient (Wildman–Crippen LogP) is 15.3. The van der Waals surface area contributed by atoms with Crippen molar-refractivity contribution in [2.24, 2.45) is 0 Å². The Bertz CT molecular complexity index is 3500. The van der Waals surface area contributed by atoms with E-state index in [1.165, 1.54) is 21.9 Å². The number of oxazole rings is 1. The van der Waals surface area contributed by atoms with E-state index in [4.69, 9.17) is 18.2 Å². The Balaban J connectivity index is 0.920. The van der Waals surface area contributed by atoms with Gasteiger partial charge in [0.1, 0.15) is 27.8 Å². The largest absolute Gasteiger partial charge is 0.456 e. The first-order valence-electron chi connectivity index (χ1n) is 19.4. The maximum Gasteiger partial charge on any atom is 0.227 e. The van der Waals surface area contributed by atoms with Crippen LogP contribution in [0.25, 0.3) is 99.5 Å². The lowest BCUT2D eigenvalue weighted by atomic mass is 9.98. The second-order valence-electron chi connectivity index (χ2n) is 14.7. The van der Waals surface area contributed by atoms with Crippen LogP contribution in [0.5, 0.6) is 0 Å². The zero-order valence-corrected chi connectivity index (χ0v) is 31.1. The van der Waals surface area contributed by atoms with Crippen LogP contribution in [0.3, 0.4) is 0 Å². The van der Waals surface area contributed by atoms with Crippen molar-refractivity contribution in [1.29, 1.82) is 0 Å². The van der Waals surface area contributed by atoms with E-state index < -0.39 is 0 Å². The second-order valence-corrected chi connectivity index (χ2v) is 14.7. The van der Waals surface area contributed by atoms with Gasteiger partial charge in [0.15, 0.2) is 5.58 Å². The lowest BCUT2D eigenvalue weighted by molar-refractivity contribution is 0.620. The molecule has 58 heavy (non-hydrogen) atoms. The molecule has 272 valence electrons. The average molecular weight is 745 g/mol. The standard InChI is InChI=1S/C53H32N2O3/c1-2-10-36(11-3-1)53-54-47-32-51-46(31-52(47)58-53)44-27-21-37(29-50(44)57-51)33-17-22-38(23-18-33)55(40-26-28-49-45(30-40)43-14-6-7-16-48(43)56-49)39-24-19-35(20-25-39)42-15-8-12-34-9-4-5-13-41(34)42/h1-32H. The molecule has 9 aromatic carbocycles. The topological polar surface area (TPSA) is 55.6 Å². The molecule has 3 heterocycles. The molecule has 3 aromatic heterocycles. The highest BCUT2D eigenvalue weighted by Crippen LogP contribution is 2.41. The number of para-hydroxylation sites is 1. The van der Waals surface area contributed by atoms with Crippen LogP contribution >= 0.6 is 0 Å². The van der Waals surface area contributed by atoms with Gasteiger partial charge in [-0.25, -0.2) is 4.98 Å². The van der Waals surface area contributed by atoms with Gasteiger partial charge < -0.3 is 18.2 Å². The highest BCUT2D eigenvalue weighted by Gasteiger charge is 2.18. The van der Waals surface area contributed by atoms with Gasteiger partial charge in [-0.3, -0.25) is 0 Å². The van der Waals surface area contributed by atoms with Crippen LogP contribution < -0.4 is 4.90 Å². The summed E-state index contributed by atoms with van der Waals surface area (Å²) in [7, 11) is 0. The molecule has 0 bridgehead atoms. The number of hydrogen-bond acceptors (Lipinski definition) is 5. The first-order chi connectivity index (χ1) is 28.7. The van der Waals surface area contributed by atoms with E-state index in [2.05, 4.69) is 144 Å². The highest BCUT2D eigenvalue weighted by molar-refractivity contribution is 6.10. The SMILES string of the molecule is c1ccc(-c2nc3cc4oc5cc(-c6ccc(N(c7ccc(-c8cccc9ccccc89)cc7)c7ccc8oc9ccccc9c8c7)cc6)ccc5c4cc3o2)cc1. The van der Waals surface area contributed by atoms with E-state index in [9.17, 15) is 0 Å². The Morgan fingerprint density at radius 1 is 0.328 bits per heavy atom. The fourth-order valence-corrected chi connectivity index (χ4v) is 8.45. The number of benzene rings is 9. The molecule has 0 amide bonds. The van der Waals surface area contributed by atoms with Crippen molar-refractivity contribution in [3.8, 4) is 33.7 Å². The van der Waals surface area contributed by atoms with Crippen molar-refractivity contribution in [3.05, 3.63) is 194 Å². The molecule has 0 atom stereocenters. The minimum absolute atomic E-state index is 0.602. The van der Waals surface area contributed by atoms with Gasteiger partial charge in [0.05, 0.1) is 0 Å². The number of aromatic nitrogens is 1. The Labute approximate surface area is 332 Å². The summed E-state index contributed by atoms with van der Waals surface area (Å²) < 4.78 is 18.8. The molecular formula is C53H32N2O3. The third-order valence-electron chi connectivity index (χ3n) is 11.3. The van der Waals surface area contributed by atoms with Gasteiger partial charge in [0, 0.05) is 50.2 Å². The maximum atomic E-state index is 6.44. The van der Waals surface area contributed by atoms with Gasteiger partial charge in [-0.05, 0) is 112 Å². The molecule has 0 aliphatic carbocycles. The molecule has 12 rings (SSSR count). The molecule has 12 aromatic rings. The highest BCUT2D eigenvalue weighted by atomic mass is 16.4. The summed E-state index contributed by atoms with van der Waals surface area (Å²) in [4.78, 5) is 7.07. The van der Waals surface area contributed by atoms with Crippen LogP contribution in [-0.2, 0) is 0 Å². The summed E-state index contributed by atoms with van der Waals surface area (Å²) in [5.74, 6) is 0.602. The molecule has 0 aliphatic heterocycles. The number of anilines is 3. The normalized spacial score (nSPS) is 11.8. The monoisotopic (exact) mass is 744 g/mol. The van der Waals surface area contributed by atoms with Gasteiger partial charge in [-0.1, -0.05) is 109 Å². The van der Waals surface area contributed by atoms with E-state index in [1.54, 1.807) is 0 Å². The van der Waals surface area contributed by atoms with E-state index in [1.807, 2.05) is 54.6 Å². The number of fused-ring (bicyclic) bond motifs is 8. The third-order valence-corrected chi connectivity index (χ3v) is 11.3. The van der Waals surface area contributed by atoms with Gasteiger partial charge in [0.25, 0.3) is 0 Å². The van der Waals surface area contributed by atoms with E-state index >= 15 is 0 Å². The van der Waals surface area contributed by atoms with Crippen molar-refractivity contribution in [1.82, 2.24) is 4.98 Å². The summed E-state index contributed by atoms with van der Waals surface area (Å²) in [6, 6.07) is 67.8. The Hall–Kier alpha value is -7.89. The maximum absolute atomic E-state index is 6.44. The molecule has 0 fully saturated rings. The molecule has 0 spiro atoms. The van der Waals surface area contributed by atoms with Crippen LogP contribution in [0.2, 0.25) is 0 Å². The van der Waals surface area contributed by atoms with Crippen molar-refractivity contribution in [2.75, 3.05) is 4.90 Å². The quantitative estimate of drug-likeness (QED) is 0.170. The summed E-state index contributed by atoms with van der Waals surface area (Å²) >= 11 is 0. The van der Waals surface area contributed by atoms with Gasteiger partial charge in [-0.15, -0.1) is 0 Å². The van der Waals surface area contributed by atoms with Crippen LogP contribution in [0.1, 0.15) is 0 Å². The molecular weight excluding hydrogens is 713 g/mol. The lowest BCUT2D eigenvalue weighted by Crippen LogP contribution is -2.09. The summed E-state index contributed by atoms with van der Waals surface area (Å²) in [5, 5.41) is 6.70. The summed E-state index contributed by atoms with van der Waals surface area (Å²) in [5.41, 5.74) is 13.5. The van der Waals surface area contributed by atoms with E-state index in [-0.39, 0.29) is 0 Å². The van der Waals surface area contributed by atoms with Gasteiger partial charge in [0.2, 0.25) is 5.89 Å². The van der Waals surface area contributed by atoms with Gasteiger partial charge >= 0.3 is 0 Å². The average Bonchev–Trinajstić information content (AvgIpc) is 3.99. The van der Waals surface area contributed by atoms with Crippen LogP contribution in [0.15, 0.2) is 207 Å². The smallest absolute Gasteiger partial charge is 0.227 e. The van der Waals surface area contributed by atoms with Crippen molar-refractivity contribution in [3.63, 3.8) is 0 Å². The van der Waals surface area contributed by atoms with Gasteiger partial charge in [-0.2, -0.15) is 0 Å². The minimum Gasteiger partial charge on any atom is -0.456 e. The lowest BCUT2D eigenvalue weighted by Gasteiger charge is -2.26. The number of nitrogens with zero attached hydrogens (tertiary/aromatic N) is 2. The van der Waals surface area contributed by atoms with Crippen LogP contribution in [-0.4, -0.2) is 4.98 Å². The zero-order chi connectivity index (χ0) is 38.2. The first-order valence-corrected chi connectivity index (χ1v) is 19.4. The zero-order valence-electron chi connectivity index (χ0n) is 31.1. The van der Waals surface area contributed by atoms with Crippen molar-refractivity contribution in [2.45, 2.75) is 0 Å². The second kappa shape index (κ2) is 12.8. The number of rotatable bonds is 6. The number of hydrogen-bond donors (Lipinski definition) is 0. The predicted molar refractivity (Wildman–Crippen MR) is 237 cm³/mol.